The maximum atomic E-state index is 6.04. The number of para-hydroxylation sites is 2. The van der Waals surface area contributed by atoms with Gasteiger partial charge in [-0.3, -0.25) is 4.98 Å². The first-order valence-corrected chi connectivity index (χ1v) is 18.8. The molecule has 54 heavy (non-hydrogen) atoms. The molecule has 0 spiro atoms. The number of rotatable bonds is 7. The van der Waals surface area contributed by atoms with Crippen molar-refractivity contribution in [2.24, 2.45) is 0 Å². The molecule has 3 heterocycles. The van der Waals surface area contributed by atoms with Crippen LogP contribution in [0.3, 0.4) is 0 Å². The number of benzene rings is 5. The van der Waals surface area contributed by atoms with Gasteiger partial charge in [0.1, 0.15) is 6.54 Å². The molecule has 8 rings (SSSR count). The van der Waals surface area contributed by atoms with E-state index in [0.29, 0.717) is 13.0 Å². The first-order valence-electron chi connectivity index (χ1n) is 18.4. The standard InChI is InChI=1S/C48H45N4S.Au/c1-47(2,3)35-21-22-39(41(27-35)32-14-8-7-9-15-32)33-20-23-46(53)45(24-33)52-31-51(43-18-12-13-19-44(43)52)30-38-26-36(48(4,5)6)25-37(50-38)28-42-40-17-11-10-16-34(40)29-49-42;/h7-27,29,53H,28,30H2,1-6H3;/q-1;+3/p-1. The van der Waals surface area contributed by atoms with Crippen LogP contribution in [0.4, 0.5) is 0 Å². The fourth-order valence-corrected chi connectivity index (χ4v) is 7.43. The molecule has 0 amide bonds. The number of pyridine rings is 1. The fourth-order valence-electron chi connectivity index (χ4n) is 7.21. The third kappa shape index (κ3) is 7.47. The van der Waals surface area contributed by atoms with E-state index in [1.807, 2.05) is 6.20 Å². The first-order chi connectivity index (χ1) is 25.4. The van der Waals surface area contributed by atoms with E-state index in [0.717, 1.165) is 49.6 Å². The number of imidazole rings is 1. The Morgan fingerprint density at radius 2 is 1.39 bits per heavy atom. The smallest absolute Gasteiger partial charge is 0.786 e. The Kier molecular flexibility index (Phi) is 10.3. The van der Waals surface area contributed by atoms with E-state index in [1.54, 1.807) is 0 Å². The molecule has 0 saturated heterocycles. The maximum Gasteiger partial charge on any atom is 3.00 e. The second-order valence-electron chi connectivity index (χ2n) is 16.1. The van der Waals surface area contributed by atoms with Gasteiger partial charge < -0.3 is 26.7 Å². The van der Waals surface area contributed by atoms with E-state index in [4.69, 9.17) is 22.6 Å². The van der Waals surface area contributed by atoms with Crippen molar-refractivity contribution < 1.29 is 26.9 Å². The Bertz CT molecular complexity index is 2600. The van der Waals surface area contributed by atoms with Crippen molar-refractivity contribution in [3.63, 3.8) is 0 Å². The molecule has 0 unspecified atom stereocenters. The van der Waals surface area contributed by atoms with Crippen molar-refractivity contribution >= 4 is 34.4 Å². The summed E-state index contributed by atoms with van der Waals surface area (Å²) in [6.45, 7) is 14.1. The van der Waals surface area contributed by atoms with Crippen molar-refractivity contribution in [2.75, 3.05) is 0 Å². The van der Waals surface area contributed by atoms with E-state index >= 15 is 0 Å². The van der Waals surface area contributed by atoms with Crippen molar-refractivity contribution in [1.29, 1.82) is 0 Å². The van der Waals surface area contributed by atoms with Gasteiger partial charge in [0.15, 0.2) is 0 Å². The van der Waals surface area contributed by atoms with Gasteiger partial charge >= 0.3 is 22.4 Å². The topological polar surface area (TPSA) is 35.8 Å². The van der Waals surface area contributed by atoms with Crippen LogP contribution < -0.4 is 9.55 Å². The molecule has 6 heteroatoms. The minimum atomic E-state index is -0.0440. The summed E-state index contributed by atoms with van der Waals surface area (Å²) in [5.41, 5.74) is 13.3. The molecule has 0 atom stereocenters. The van der Waals surface area contributed by atoms with Gasteiger partial charge in [-0.05, 0) is 73.5 Å². The van der Waals surface area contributed by atoms with Gasteiger partial charge in [0.25, 0.3) is 0 Å². The summed E-state index contributed by atoms with van der Waals surface area (Å²) in [5, 5.41) is 2.35. The third-order valence-electron chi connectivity index (χ3n) is 10.2. The molecule has 0 bridgehead atoms. The first kappa shape index (κ1) is 37.5. The SMILES string of the molecule is CC(C)(C)c1cc(Cc2[n-]cc3ccccc23)nc(C[n+]2[c-]n(-c3cc(-c4ccc(C(C)(C)C)cc4-c4ccccc4)ccc3[S-])c3ccccc32)c1.[Au+3]. The van der Waals surface area contributed by atoms with Gasteiger partial charge in [0, 0.05) is 11.4 Å². The zero-order valence-corrected chi connectivity index (χ0v) is 34.6. The van der Waals surface area contributed by atoms with Crippen LogP contribution >= 0.6 is 0 Å². The van der Waals surface area contributed by atoms with Gasteiger partial charge in [0.05, 0.1) is 16.7 Å². The Morgan fingerprint density at radius 3 is 2.17 bits per heavy atom. The summed E-state index contributed by atoms with van der Waals surface area (Å²) in [5.74, 6) is 0. The van der Waals surface area contributed by atoms with Crippen LogP contribution in [0.15, 0.2) is 138 Å². The maximum absolute atomic E-state index is 6.04. The van der Waals surface area contributed by atoms with E-state index < -0.39 is 0 Å². The molecule has 0 saturated carbocycles. The summed E-state index contributed by atoms with van der Waals surface area (Å²) < 4.78 is 4.31. The minimum Gasteiger partial charge on any atom is -0.786 e. The Balaban J connectivity index is 0.00000450. The van der Waals surface area contributed by atoms with Gasteiger partial charge in [-0.25, -0.2) is 0 Å². The molecular weight excluding hydrogens is 862 g/mol. The number of fused-ring (bicyclic) bond motifs is 2. The molecule has 0 fully saturated rings. The monoisotopic (exact) mass is 905 g/mol. The summed E-state index contributed by atoms with van der Waals surface area (Å²) in [6.07, 6.45) is 6.35. The number of nitrogens with zero attached hydrogens (tertiary/aromatic N) is 4. The van der Waals surface area contributed by atoms with Gasteiger partial charge in [-0.1, -0.05) is 157 Å². The van der Waals surface area contributed by atoms with Crippen LogP contribution in [0.2, 0.25) is 0 Å². The van der Waals surface area contributed by atoms with E-state index in [2.05, 4.69) is 184 Å². The Labute approximate surface area is 340 Å². The Hall–Kier alpha value is -4.78. The molecule has 3 aromatic heterocycles. The molecular formula is C48H44AuN4S+. The molecule has 272 valence electrons. The minimum absolute atomic E-state index is 0. The number of hydrogen-bond donors (Lipinski definition) is 0. The van der Waals surface area contributed by atoms with Crippen molar-refractivity contribution in [1.82, 2.24) is 14.5 Å². The zero-order valence-electron chi connectivity index (χ0n) is 31.6. The van der Waals surface area contributed by atoms with Crippen LogP contribution in [-0.2, 0) is 58.8 Å². The van der Waals surface area contributed by atoms with Crippen LogP contribution in [0.1, 0.15) is 69.8 Å². The zero-order chi connectivity index (χ0) is 36.9. The van der Waals surface area contributed by atoms with Gasteiger partial charge in [0.2, 0.25) is 6.33 Å². The molecule has 8 aromatic rings. The summed E-state index contributed by atoms with van der Waals surface area (Å²) >= 11 is 6.04. The quantitative estimate of drug-likeness (QED) is 0.0692. The van der Waals surface area contributed by atoms with Gasteiger partial charge in [-0.2, -0.15) is 11.1 Å². The molecule has 4 nitrogen and oxygen atoms in total. The molecule has 5 aromatic carbocycles. The largest absolute Gasteiger partial charge is 3.00 e. The second kappa shape index (κ2) is 14.8. The van der Waals surface area contributed by atoms with E-state index in [9.17, 15) is 0 Å². The van der Waals surface area contributed by atoms with Crippen LogP contribution in [0, 0.1) is 6.33 Å². The van der Waals surface area contributed by atoms with E-state index in [-0.39, 0.29) is 33.2 Å². The Morgan fingerprint density at radius 1 is 0.685 bits per heavy atom. The second-order valence-corrected chi connectivity index (χ2v) is 16.6. The van der Waals surface area contributed by atoms with Crippen LogP contribution in [0.25, 0.3) is 49.7 Å². The van der Waals surface area contributed by atoms with Crippen molar-refractivity contribution in [3.8, 4) is 27.9 Å². The predicted octanol–water partition coefficient (Wildman–Crippen LogP) is 10.7. The fraction of sp³-hybridized carbons (Fsp3) is 0.208. The van der Waals surface area contributed by atoms with E-state index in [1.165, 1.54) is 33.2 Å². The van der Waals surface area contributed by atoms with Crippen molar-refractivity contribution in [2.45, 2.75) is 70.2 Å². The average molecular weight is 906 g/mol. The molecule has 0 aliphatic rings. The summed E-state index contributed by atoms with van der Waals surface area (Å²) in [4.78, 5) is 10.8. The van der Waals surface area contributed by atoms with Crippen molar-refractivity contribution in [3.05, 3.63) is 168 Å². The molecule has 0 radical (unpaired) electrons. The summed E-state index contributed by atoms with van der Waals surface area (Å²) in [7, 11) is 0. The predicted molar refractivity (Wildman–Crippen MR) is 220 cm³/mol. The number of hydrogen-bond acceptors (Lipinski definition) is 2. The average Bonchev–Trinajstić information content (AvgIpc) is 3.72. The van der Waals surface area contributed by atoms with Gasteiger partial charge in [-0.15, -0.1) is 5.69 Å². The van der Waals surface area contributed by atoms with Crippen LogP contribution in [0.5, 0.6) is 0 Å². The normalized spacial score (nSPS) is 12.0. The number of aromatic nitrogens is 4. The molecule has 0 aliphatic carbocycles. The van der Waals surface area contributed by atoms with Crippen LogP contribution in [-0.4, -0.2) is 9.55 Å². The summed E-state index contributed by atoms with van der Waals surface area (Å²) in [6, 6.07) is 45.3. The molecule has 0 N–H and O–H groups in total. The third-order valence-corrected chi connectivity index (χ3v) is 10.6. The molecule has 0 aliphatic heterocycles.